The molecule has 0 saturated carbocycles. The van der Waals surface area contributed by atoms with Crippen LogP contribution in [-0.2, 0) is 0 Å². The van der Waals surface area contributed by atoms with E-state index in [0.29, 0.717) is 6.16 Å². The molecule has 2 aromatic carbocycles. The fourth-order valence-electron chi connectivity index (χ4n) is 1.39. The molecule has 18 heavy (non-hydrogen) atoms. The van der Waals surface area contributed by atoms with Crippen LogP contribution in [0.5, 0.6) is 11.5 Å². The average molecular weight is 262 g/mol. The molecule has 94 valence electrons. The first kappa shape index (κ1) is 12.9. The Hall–Kier alpha value is -1.57. The van der Waals surface area contributed by atoms with E-state index in [2.05, 4.69) is 0 Å². The van der Waals surface area contributed by atoms with Gasteiger partial charge in [-0.2, -0.15) is 0 Å². The van der Waals surface area contributed by atoms with Crippen molar-refractivity contribution in [3.63, 3.8) is 0 Å². The van der Waals surface area contributed by atoms with E-state index >= 15 is 0 Å². The second-order valence-corrected chi connectivity index (χ2v) is 5.07. The third-order valence-corrected chi connectivity index (χ3v) is 3.58. The third-order valence-electron chi connectivity index (χ3n) is 2.18. The van der Waals surface area contributed by atoms with E-state index in [-0.39, 0.29) is 6.61 Å². The highest BCUT2D eigenvalue weighted by Crippen LogP contribution is 2.39. The van der Waals surface area contributed by atoms with Crippen LogP contribution in [0.4, 0.5) is 0 Å². The average Bonchev–Trinajstić information content (AvgIpc) is 2.41. The summed E-state index contributed by atoms with van der Waals surface area (Å²) in [6, 6.07) is 19.0. The summed E-state index contributed by atoms with van der Waals surface area (Å²) in [6.07, 6.45) is 0.485. The molecule has 0 amide bonds. The van der Waals surface area contributed by atoms with Gasteiger partial charge in [0.25, 0.3) is 8.38 Å². The third kappa shape index (κ3) is 4.02. The van der Waals surface area contributed by atoms with Gasteiger partial charge in [-0.3, -0.25) is 0 Å². The minimum absolute atomic E-state index is 0.0470. The fourth-order valence-corrected chi connectivity index (χ4v) is 2.49. The number of para-hydroxylation sites is 2. The van der Waals surface area contributed by atoms with E-state index in [9.17, 15) is 0 Å². The number of hydrogen-bond donors (Lipinski definition) is 1. The quantitative estimate of drug-likeness (QED) is 0.810. The summed E-state index contributed by atoms with van der Waals surface area (Å²) in [4.78, 5) is 0. The van der Waals surface area contributed by atoms with Gasteiger partial charge in [-0.1, -0.05) is 36.4 Å². The molecule has 0 bridgehead atoms. The Morgan fingerprint density at radius 2 is 1.22 bits per heavy atom. The molecule has 0 spiro atoms. The van der Waals surface area contributed by atoms with Crippen LogP contribution in [0.25, 0.3) is 0 Å². The summed E-state index contributed by atoms with van der Waals surface area (Å²) < 4.78 is 11.5. The lowest BCUT2D eigenvalue weighted by atomic mass is 10.3. The summed E-state index contributed by atoms with van der Waals surface area (Å²) in [5, 5.41) is 9.05. The highest BCUT2D eigenvalue weighted by molar-refractivity contribution is 7.48. The van der Waals surface area contributed by atoms with E-state index in [1.807, 2.05) is 60.7 Å². The van der Waals surface area contributed by atoms with Crippen molar-refractivity contribution in [2.24, 2.45) is 0 Å². The molecule has 3 nitrogen and oxygen atoms in total. The summed E-state index contributed by atoms with van der Waals surface area (Å²) in [5.41, 5.74) is 0. The van der Waals surface area contributed by atoms with Crippen LogP contribution < -0.4 is 9.05 Å². The van der Waals surface area contributed by atoms with Crippen LogP contribution in [0.2, 0.25) is 0 Å². The monoisotopic (exact) mass is 262 g/mol. The maximum atomic E-state index is 9.05. The Bertz CT molecular complexity index is 406. The number of rotatable bonds is 6. The van der Waals surface area contributed by atoms with Crippen molar-refractivity contribution in [1.82, 2.24) is 0 Å². The lowest BCUT2D eigenvalue weighted by Crippen LogP contribution is -2.02. The number of benzene rings is 2. The number of aliphatic hydroxyl groups excluding tert-OH is 1. The van der Waals surface area contributed by atoms with Gasteiger partial charge in [-0.15, -0.1) is 0 Å². The predicted molar refractivity (Wildman–Crippen MR) is 73.0 cm³/mol. The largest absolute Gasteiger partial charge is 0.439 e. The molecule has 0 unspecified atom stereocenters. The van der Waals surface area contributed by atoms with Gasteiger partial charge in [-0.05, 0) is 24.3 Å². The van der Waals surface area contributed by atoms with Gasteiger partial charge >= 0.3 is 0 Å². The van der Waals surface area contributed by atoms with Gasteiger partial charge < -0.3 is 14.2 Å². The topological polar surface area (TPSA) is 38.7 Å². The van der Waals surface area contributed by atoms with Crippen molar-refractivity contribution in [1.29, 1.82) is 0 Å². The van der Waals surface area contributed by atoms with E-state index in [1.54, 1.807) is 0 Å². The van der Waals surface area contributed by atoms with Crippen molar-refractivity contribution >= 4 is 8.38 Å². The Labute approximate surface area is 108 Å². The summed E-state index contributed by atoms with van der Waals surface area (Å²) >= 11 is 0. The van der Waals surface area contributed by atoms with Crippen LogP contribution in [0, 0.1) is 0 Å². The molecular weight excluding hydrogens is 247 g/mol. The zero-order chi connectivity index (χ0) is 12.6. The molecule has 0 aliphatic heterocycles. The minimum Gasteiger partial charge on any atom is -0.439 e. The molecule has 2 aromatic rings. The van der Waals surface area contributed by atoms with Gasteiger partial charge in [0.2, 0.25) is 0 Å². The Morgan fingerprint density at radius 3 is 1.61 bits per heavy atom. The van der Waals surface area contributed by atoms with Gasteiger partial charge in [0, 0.05) is 0 Å². The van der Waals surface area contributed by atoms with Crippen LogP contribution in [0.1, 0.15) is 0 Å². The predicted octanol–water partition coefficient (Wildman–Crippen LogP) is 3.45. The van der Waals surface area contributed by atoms with Gasteiger partial charge in [0.05, 0.1) is 12.8 Å². The molecule has 0 radical (unpaired) electrons. The van der Waals surface area contributed by atoms with Gasteiger partial charge in [0.15, 0.2) is 0 Å². The first-order chi connectivity index (χ1) is 8.88. The van der Waals surface area contributed by atoms with Crippen molar-refractivity contribution < 1.29 is 14.2 Å². The molecule has 0 aromatic heterocycles. The molecule has 2 rings (SSSR count). The molecule has 0 heterocycles. The second kappa shape index (κ2) is 7.00. The van der Waals surface area contributed by atoms with E-state index in [1.165, 1.54) is 0 Å². The normalized spacial score (nSPS) is 10.3. The van der Waals surface area contributed by atoms with Crippen molar-refractivity contribution in [3.8, 4) is 11.5 Å². The molecular formula is C14H15O3P. The number of hydrogen-bond acceptors (Lipinski definition) is 3. The molecule has 1 N–H and O–H groups in total. The summed E-state index contributed by atoms with van der Waals surface area (Å²) in [7, 11) is -1.16. The van der Waals surface area contributed by atoms with Crippen molar-refractivity contribution in [2.45, 2.75) is 0 Å². The Morgan fingerprint density at radius 1 is 0.778 bits per heavy atom. The van der Waals surface area contributed by atoms with Crippen LogP contribution in [0.3, 0.4) is 0 Å². The second-order valence-electron chi connectivity index (χ2n) is 3.59. The standard InChI is InChI=1S/C14H15O3P/c15-11-12-18(16-13-7-3-1-4-8-13)17-14-9-5-2-6-10-14/h1-10,15H,11-12H2. The molecule has 0 fully saturated rings. The lowest BCUT2D eigenvalue weighted by Gasteiger charge is -2.17. The van der Waals surface area contributed by atoms with E-state index in [4.69, 9.17) is 14.2 Å². The first-order valence-corrected chi connectivity index (χ1v) is 7.09. The fraction of sp³-hybridized carbons (Fsp3) is 0.143. The van der Waals surface area contributed by atoms with Crippen molar-refractivity contribution in [2.75, 3.05) is 12.8 Å². The minimum atomic E-state index is -1.16. The Kier molecular flexibility index (Phi) is 5.00. The van der Waals surface area contributed by atoms with E-state index < -0.39 is 8.38 Å². The number of aliphatic hydroxyl groups is 1. The maximum Gasteiger partial charge on any atom is 0.292 e. The zero-order valence-electron chi connectivity index (χ0n) is 9.90. The highest BCUT2D eigenvalue weighted by atomic mass is 31.2. The lowest BCUT2D eigenvalue weighted by molar-refractivity contribution is 0.315. The van der Waals surface area contributed by atoms with Crippen molar-refractivity contribution in [3.05, 3.63) is 60.7 Å². The molecule has 4 heteroatoms. The highest BCUT2D eigenvalue weighted by Gasteiger charge is 2.13. The maximum absolute atomic E-state index is 9.05. The molecule has 0 aliphatic carbocycles. The summed E-state index contributed by atoms with van der Waals surface area (Å²) in [6.45, 7) is 0.0470. The molecule has 0 atom stereocenters. The Balaban J connectivity index is 2.00. The van der Waals surface area contributed by atoms with Crippen LogP contribution >= 0.6 is 8.38 Å². The smallest absolute Gasteiger partial charge is 0.292 e. The SMILES string of the molecule is OCCP(Oc1ccccc1)Oc1ccccc1. The van der Waals surface area contributed by atoms with Crippen LogP contribution in [-0.4, -0.2) is 17.9 Å². The van der Waals surface area contributed by atoms with Gasteiger partial charge in [-0.25, -0.2) is 0 Å². The zero-order valence-corrected chi connectivity index (χ0v) is 10.8. The first-order valence-electron chi connectivity index (χ1n) is 5.73. The summed E-state index contributed by atoms with van der Waals surface area (Å²) in [5.74, 6) is 1.51. The molecule has 0 saturated heterocycles. The van der Waals surface area contributed by atoms with E-state index in [0.717, 1.165) is 11.5 Å². The van der Waals surface area contributed by atoms with Crippen LogP contribution in [0.15, 0.2) is 60.7 Å². The molecule has 0 aliphatic rings. The van der Waals surface area contributed by atoms with Gasteiger partial charge in [0.1, 0.15) is 11.5 Å².